The molecule has 13 heavy (non-hydrogen) atoms. The van der Waals surface area contributed by atoms with Crippen molar-refractivity contribution in [3.8, 4) is 0 Å². The highest BCUT2D eigenvalue weighted by atomic mass is 16.7. The molecule has 1 saturated heterocycles. The van der Waals surface area contributed by atoms with Gasteiger partial charge in [0, 0.05) is 32.7 Å². The smallest absolute Gasteiger partial charge is 0.0811 e. The van der Waals surface area contributed by atoms with Gasteiger partial charge < -0.3 is 9.80 Å². The molecule has 0 saturated carbocycles. The van der Waals surface area contributed by atoms with Crippen LogP contribution in [0.2, 0.25) is 0 Å². The molecule has 78 valence electrons. The van der Waals surface area contributed by atoms with Crippen molar-refractivity contribution in [3.05, 3.63) is 0 Å². The maximum atomic E-state index is 5.61. The number of hydrogen-bond acceptors (Lipinski definition) is 4. The summed E-state index contributed by atoms with van der Waals surface area (Å²) in [5.74, 6) is 0. The largest absolute Gasteiger partial charge is 0.307 e. The highest BCUT2D eigenvalue weighted by Crippen LogP contribution is 1.99. The second-order valence-corrected chi connectivity index (χ2v) is 3.87. The van der Waals surface area contributed by atoms with Gasteiger partial charge in [0.25, 0.3) is 0 Å². The van der Waals surface area contributed by atoms with Gasteiger partial charge in [-0.15, -0.1) is 0 Å². The highest BCUT2D eigenvalue weighted by molar-refractivity contribution is 4.62. The molecule has 0 aromatic heterocycles. The van der Waals surface area contributed by atoms with Gasteiger partial charge in [0.05, 0.1) is 6.61 Å². The van der Waals surface area contributed by atoms with Crippen LogP contribution in [0.3, 0.4) is 0 Å². The molecule has 0 bridgehead atoms. The van der Waals surface area contributed by atoms with E-state index in [1.54, 1.807) is 0 Å². The SMILES string of the molecule is CN(C)CCON1CCN(C)CC1. The summed E-state index contributed by atoms with van der Waals surface area (Å²) in [6.45, 7) is 6.08. The molecule has 4 heteroatoms. The standard InChI is InChI=1S/C9H21N3O/c1-10(2)8-9-13-12-6-4-11(3)5-7-12/h4-9H2,1-3H3. The summed E-state index contributed by atoms with van der Waals surface area (Å²) in [7, 11) is 6.28. The minimum atomic E-state index is 0.802. The lowest BCUT2D eigenvalue weighted by atomic mass is 10.4. The molecular formula is C9H21N3O. The summed E-state index contributed by atoms with van der Waals surface area (Å²) < 4.78 is 0. The van der Waals surface area contributed by atoms with Gasteiger partial charge in [-0.2, -0.15) is 5.06 Å². The highest BCUT2D eigenvalue weighted by Gasteiger charge is 2.13. The predicted octanol–water partition coefficient (Wildman–Crippen LogP) is -0.273. The Balaban J connectivity index is 2.02. The number of nitrogens with zero attached hydrogens (tertiary/aromatic N) is 3. The summed E-state index contributed by atoms with van der Waals surface area (Å²) in [5, 5.41) is 2.07. The molecule has 1 fully saturated rings. The molecule has 1 heterocycles. The lowest BCUT2D eigenvalue weighted by Crippen LogP contribution is -2.44. The Kier molecular flexibility index (Phi) is 4.66. The first-order valence-electron chi connectivity index (χ1n) is 4.89. The molecule has 0 spiro atoms. The van der Waals surface area contributed by atoms with E-state index >= 15 is 0 Å². The van der Waals surface area contributed by atoms with Crippen LogP contribution < -0.4 is 0 Å². The lowest BCUT2D eigenvalue weighted by molar-refractivity contribution is -0.176. The maximum Gasteiger partial charge on any atom is 0.0811 e. The first-order chi connectivity index (χ1) is 6.18. The third-order valence-corrected chi connectivity index (χ3v) is 2.27. The van der Waals surface area contributed by atoms with Crippen molar-refractivity contribution in [1.29, 1.82) is 0 Å². The van der Waals surface area contributed by atoms with E-state index in [4.69, 9.17) is 4.84 Å². The van der Waals surface area contributed by atoms with Crippen molar-refractivity contribution >= 4 is 0 Å². The Labute approximate surface area is 81.0 Å². The number of hydroxylamine groups is 2. The minimum absolute atomic E-state index is 0.802. The Morgan fingerprint density at radius 1 is 1.15 bits per heavy atom. The van der Waals surface area contributed by atoms with Gasteiger partial charge in [-0.1, -0.05) is 0 Å². The van der Waals surface area contributed by atoms with Crippen LogP contribution in [0.5, 0.6) is 0 Å². The average Bonchev–Trinajstić information content (AvgIpc) is 2.08. The van der Waals surface area contributed by atoms with Gasteiger partial charge in [-0.3, -0.25) is 4.84 Å². The van der Waals surface area contributed by atoms with E-state index < -0.39 is 0 Å². The van der Waals surface area contributed by atoms with Crippen molar-refractivity contribution in [2.45, 2.75) is 0 Å². The normalized spacial score (nSPS) is 21.2. The molecule has 0 aromatic rings. The van der Waals surface area contributed by atoms with Crippen molar-refractivity contribution in [1.82, 2.24) is 14.9 Å². The summed E-state index contributed by atoms with van der Waals surface area (Å²) in [6, 6.07) is 0. The van der Waals surface area contributed by atoms with Gasteiger partial charge in [0.15, 0.2) is 0 Å². The minimum Gasteiger partial charge on any atom is -0.307 e. The van der Waals surface area contributed by atoms with Crippen LogP contribution in [-0.4, -0.2) is 75.3 Å². The Morgan fingerprint density at radius 2 is 1.77 bits per heavy atom. The maximum absolute atomic E-state index is 5.61. The first-order valence-corrected chi connectivity index (χ1v) is 4.89. The third kappa shape index (κ3) is 4.57. The molecule has 1 aliphatic rings. The molecule has 0 N–H and O–H groups in total. The van der Waals surface area contributed by atoms with E-state index in [0.717, 1.165) is 39.3 Å². The summed E-state index contributed by atoms with van der Waals surface area (Å²) in [4.78, 5) is 10.1. The van der Waals surface area contributed by atoms with Crippen LogP contribution in [0.4, 0.5) is 0 Å². The Bertz CT molecular complexity index is 133. The van der Waals surface area contributed by atoms with E-state index in [9.17, 15) is 0 Å². The monoisotopic (exact) mass is 187 g/mol. The topological polar surface area (TPSA) is 19.0 Å². The van der Waals surface area contributed by atoms with Gasteiger partial charge in [0.2, 0.25) is 0 Å². The predicted molar refractivity (Wildman–Crippen MR) is 53.6 cm³/mol. The van der Waals surface area contributed by atoms with Gasteiger partial charge in [-0.05, 0) is 21.1 Å². The van der Waals surface area contributed by atoms with Gasteiger partial charge in [-0.25, -0.2) is 0 Å². The fourth-order valence-electron chi connectivity index (χ4n) is 1.27. The van der Waals surface area contributed by atoms with E-state index in [2.05, 4.69) is 36.0 Å². The van der Waals surface area contributed by atoms with Crippen molar-refractivity contribution < 1.29 is 4.84 Å². The van der Waals surface area contributed by atoms with E-state index in [1.807, 2.05) is 0 Å². The number of piperazine rings is 1. The molecule has 0 aliphatic carbocycles. The number of rotatable bonds is 4. The number of likely N-dealkylation sites (N-methyl/N-ethyl adjacent to an activating group) is 2. The van der Waals surface area contributed by atoms with Gasteiger partial charge in [0.1, 0.15) is 0 Å². The number of hydrogen-bond donors (Lipinski definition) is 0. The summed E-state index contributed by atoms with van der Waals surface area (Å²) in [6.07, 6.45) is 0. The zero-order valence-electron chi connectivity index (χ0n) is 8.99. The second kappa shape index (κ2) is 5.54. The molecule has 0 amide bonds. The summed E-state index contributed by atoms with van der Waals surface area (Å²) >= 11 is 0. The quantitative estimate of drug-likeness (QED) is 0.603. The van der Waals surface area contributed by atoms with Crippen molar-refractivity contribution in [2.75, 3.05) is 60.5 Å². The molecule has 1 aliphatic heterocycles. The molecule has 0 unspecified atom stereocenters. The molecular weight excluding hydrogens is 166 g/mol. The van der Waals surface area contributed by atoms with Crippen molar-refractivity contribution in [2.24, 2.45) is 0 Å². The van der Waals surface area contributed by atoms with E-state index in [-0.39, 0.29) is 0 Å². The second-order valence-electron chi connectivity index (χ2n) is 3.87. The van der Waals surface area contributed by atoms with Crippen LogP contribution in [-0.2, 0) is 4.84 Å². The van der Waals surface area contributed by atoms with Crippen LogP contribution in [0.15, 0.2) is 0 Å². The average molecular weight is 187 g/mol. The zero-order valence-corrected chi connectivity index (χ0v) is 8.99. The zero-order chi connectivity index (χ0) is 9.68. The van der Waals surface area contributed by atoms with Crippen LogP contribution in [0.25, 0.3) is 0 Å². The third-order valence-electron chi connectivity index (χ3n) is 2.27. The first kappa shape index (κ1) is 10.9. The van der Waals surface area contributed by atoms with Crippen LogP contribution >= 0.6 is 0 Å². The fourth-order valence-corrected chi connectivity index (χ4v) is 1.27. The van der Waals surface area contributed by atoms with Crippen LogP contribution in [0.1, 0.15) is 0 Å². The molecule has 0 atom stereocenters. The fraction of sp³-hybridized carbons (Fsp3) is 1.00. The van der Waals surface area contributed by atoms with E-state index in [0.29, 0.717) is 0 Å². The summed E-state index contributed by atoms with van der Waals surface area (Å²) in [5.41, 5.74) is 0. The van der Waals surface area contributed by atoms with Gasteiger partial charge >= 0.3 is 0 Å². The molecule has 4 nitrogen and oxygen atoms in total. The molecule has 1 rings (SSSR count). The Morgan fingerprint density at radius 3 is 2.31 bits per heavy atom. The molecule has 0 radical (unpaired) electrons. The Hall–Kier alpha value is -0.160. The van der Waals surface area contributed by atoms with Crippen LogP contribution in [0, 0.1) is 0 Å². The van der Waals surface area contributed by atoms with Crippen molar-refractivity contribution in [3.63, 3.8) is 0 Å². The van der Waals surface area contributed by atoms with E-state index in [1.165, 1.54) is 0 Å². The molecule has 0 aromatic carbocycles. The lowest BCUT2D eigenvalue weighted by Gasteiger charge is -2.31.